The van der Waals surface area contributed by atoms with Gasteiger partial charge in [-0.3, -0.25) is 4.79 Å². The summed E-state index contributed by atoms with van der Waals surface area (Å²) in [6, 6.07) is 8.05. The zero-order chi connectivity index (χ0) is 21.6. The number of nitrogens with one attached hydrogen (secondary N) is 1. The Hall–Kier alpha value is -3.03. The second-order valence-electron chi connectivity index (χ2n) is 6.98. The number of aromatic nitrogens is 4. The van der Waals surface area contributed by atoms with Gasteiger partial charge in [-0.25, -0.2) is 9.67 Å². The Balaban J connectivity index is 1.92. The summed E-state index contributed by atoms with van der Waals surface area (Å²) in [5, 5.41) is 25.4. The molecule has 30 heavy (non-hydrogen) atoms. The number of hydrogen-bond donors (Lipinski definition) is 3. The van der Waals surface area contributed by atoms with Gasteiger partial charge in [0.05, 0.1) is 10.7 Å². The molecule has 4 aromatic rings. The number of H-pyrrole nitrogens is 1. The number of fused-ring (bicyclic) bond motifs is 1. The summed E-state index contributed by atoms with van der Waals surface area (Å²) in [4.78, 5) is 20.3. The molecular weight excluding hydrogens is 427 g/mol. The van der Waals surface area contributed by atoms with Crippen molar-refractivity contribution in [3.8, 4) is 17.2 Å². The van der Waals surface area contributed by atoms with Crippen molar-refractivity contribution >= 4 is 34.2 Å². The summed E-state index contributed by atoms with van der Waals surface area (Å²) < 4.78 is 1.38. The molecule has 3 N–H and O–H groups in total. The quantitative estimate of drug-likeness (QED) is 0.435. The number of halogens is 2. The maximum atomic E-state index is 12.9. The average molecular weight is 445 g/mol. The third-order valence-electron chi connectivity index (χ3n) is 4.85. The monoisotopic (exact) mass is 444 g/mol. The van der Waals surface area contributed by atoms with Crippen molar-refractivity contribution in [1.29, 1.82) is 0 Å². The lowest BCUT2D eigenvalue weighted by molar-refractivity contribution is 0.470. The Morgan fingerprint density at radius 2 is 1.90 bits per heavy atom. The van der Waals surface area contributed by atoms with E-state index < -0.39 is 0 Å². The number of aromatic hydroxyl groups is 2. The van der Waals surface area contributed by atoms with Gasteiger partial charge in [0, 0.05) is 17.5 Å². The van der Waals surface area contributed by atoms with Gasteiger partial charge in [-0.05, 0) is 36.6 Å². The maximum absolute atomic E-state index is 12.9. The van der Waals surface area contributed by atoms with Crippen LogP contribution in [-0.2, 0) is 12.8 Å². The number of rotatable bonds is 4. The third-order valence-corrected chi connectivity index (χ3v) is 5.35. The lowest BCUT2D eigenvalue weighted by atomic mass is 10.1. The molecule has 0 aliphatic heterocycles. The SMILES string of the molecule is CCc1nn(-c2c(O)cc(Cl)cc2Cl)c2nc(Cc3ccc(O)c(C)c3)[nH]c(=O)c12. The van der Waals surface area contributed by atoms with Crippen molar-refractivity contribution in [2.75, 3.05) is 0 Å². The number of nitrogens with zero attached hydrogens (tertiary/aromatic N) is 3. The molecule has 9 heteroatoms. The highest BCUT2D eigenvalue weighted by Crippen LogP contribution is 2.34. The molecule has 0 saturated heterocycles. The van der Waals surface area contributed by atoms with Crippen LogP contribution >= 0.6 is 23.2 Å². The topological polar surface area (TPSA) is 104 Å². The van der Waals surface area contributed by atoms with Crippen LogP contribution in [0, 0.1) is 6.92 Å². The molecule has 0 amide bonds. The number of phenolic OH excluding ortho intramolecular Hbond substituents is 2. The van der Waals surface area contributed by atoms with Crippen LogP contribution in [0.5, 0.6) is 11.5 Å². The minimum Gasteiger partial charge on any atom is -0.508 e. The van der Waals surface area contributed by atoms with E-state index in [1.165, 1.54) is 16.8 Å². The van der Waals surface area contributed by atoms with Crippen LogP contribution in [0.2, 0.25) is 10.0 Å². The number of hydrogen-bond acceptors (Lipinski definition) is 5. The Morgan fingerprint density at radius 3 is 2.57 bits per heavy atom. The molecule has 0 bridgehead atoms. The summed E-state index contributed by atoms with van der Waals surface area (Å²) >= 11 is 12.3. The summed E-state index contributed by atoms with van der Waals surface area (Å²) in [6.45, 7) is 3.67. The first-order chi connectivity index (χ1) is 14.3. The smallest absolute Gasteiger partial charge is 0.262 e. The van der Waals surface area contributed by atoms with E-state index in [1.807, 2.05) is 13.0 Å². The molecule has 0 aliphatic rings. The zero-order valence-electron chi connectivity index (χ0n) is 16.2. The van der Waals surface area contributed by atoms with Crippen LogP contribution < -0.4 is 5.56 Å². The average Bonchev–Trinajstić information content (AvgIpc) is 3.03. The Labute approximate surface area is 181 Å². The molecule has 4 rings (SSSR count). The molecular formula is C21H18Cl2N4O3. The largest absolute Gasteiger partial charge is 0.508 e. The first-order valence-corrected chi connectivity index (χ1v) is 10.0. The second kappa shape index (κ2) is 7.66. The Bertz CT molecular complexity index is 1320. The summed E-state index contributed by atoms with van der Waals surface area (Å²) in [6.07, 6.45) is 0.843. The van der Waals surface area contributed by atoms with Crippen molar-refractivity contribution in [1.82, 2.24) is 19.7 Å². The molecule has 0 atom stereocenters. The van der Waals surface area contributed by atoms with Crippen LogP contribution in [0.4, 0.5) is 0 Å². The van der Waals surface area contributed by atoms with Crippen molar-refractivity contribution < 1.29 is 10.2 Å². The molecule has 2 heterocycles. The molecule has 7 nitrogen and oxygen atoms in total. The Morgan fingerprint density at radius 1 is 1.13 bits per heavy atom. The molecule has 2 aromatic heterocycles. The van der Waals surface area contributed by atoms with Gasteiger partial charge < -0.3 is 15.2 Å². The fourth-order valence-corrected chi connectivity index (χ4v) is 3.97. The van der Waals surface area contributed by atoms with E-state index in [-0.39, 0.29) is 32.8 Å². The van der Waals surface area contributed by atoms with Crippen LogP contribution in [0.15, 0.2) is 35.1 Å². The molecule has 0 fully saturated rings. The lowest BCUT2D eigenvalue weighted by Gasteiger charge is -2.09. The van der Waals surface area contributed by atoms with Gasteiger partial charge in [-0.15, -0.1) is 0 Å². The zero-order valence-corrected chi connectivity index (χ0v) is 17.7. The van der Waals surface area contributed by atoms with Crippen LogP contribution in [-0.4, -0.2) is 30.0 Å². The van der Waals surface area contributed by atoms with E-state index in [9.17, 15) is 15.0 Å². The molecule has 0 saturated carbocycles. The van der Waals surface area contributed by atoms with E-state index in [1.54, 1.807) is 19.1 Å². The standard InChI is InChI=1S/C21H18Cl2N4O3/c1-3-14-18-20(27(26-14)19-13(23)8-12(22)9-16(19)29)24-17(25-21(18)30)7-11-4-5-15(28)10(2)6-11/h4-6,8-9,28-29H,3,7H2,1-2H3,(H,24,25,30). The lowest BCUT2D eigenvalue weighted by Crippen LogP contribution is -2.13. The first-order valence-electron chi connectivity index (χ1n) is 9.26. The highest BCUT2D eigenvalue weighted by molar-refractivity contribution is 6.36. The van der Waals surface area contributed by atoms with E-state index in [4.69, 9.17) is 23.2 Å². The van der Waals surface area contributed by atoms with E-state index in [2.05, 4.69) is 15.1 Å². The maximum Gasteiger partial charge on any atom is 0.262 e. The number of phenols is 2. The number of aromatic amines is 1. The van der Waals surface area contributed by atoms with Gasteiger partial charge in [-0.2, -0.15) is 5.10 Å². The summed E-state index contributed by atoms with van der Waals surface area (Å²) in [5.74, 6) is 0.456. The summed E-state index contributed by atoms with van der Waals surface area (Å²) in [7, 11) is 0. The molecule has 154 valence electrons. The van der Waals surface area contributed by atoms with Crippen LogP contribution in [0.25, 0.3) is 16.7 Å². The van der Waals surface area contributed by atoms with Gasteiger partial charge in [0.1, 0.15) is 28.4 Å². The fourth-order valence-electron chi connectivity index (χ4n) is 3.41. The van der Waals surface area contributed by atoms with Gasteiger partial charge in [-0.1, -0.05) is 42.3 Å². The second-order valence-corrected chi connectivity index (χ2v) is 7.82. The van der Waals surface area contributed by atoms with Crippen molar-refractivity contribution in [2.45, 2.75) is 26.7 Å². The van der Waals surface area contributed by atoms with Crippen molar-refractivity contribution in [2.24, 2.45) is 0 Å². The third kappa shape index (κ3) is 3.51. The van der Waals surface area contributed by atoms with E-state index in [0.29, 0.717) is 35.4 Å². The molecule has 0 aliphatic carbocycles. The van der Waals surface area contributed by atoms with Gasteiger partial charge in [0.15, 0.2) is 5.65 Å². The minimum atomic E-state index is -0.321. The predicted molar refractivity (Wildman–Crippen MR) is 116 cm³/mol. The summed E-state index contributed by atoms with van der Waals surface area (Å²) in [5.41, 5.74) is 2.32. The molecule has 0 radical (unpaired) electrons. The number of benzene rings is 2. The van der Waals surface area contributed by atoms with E-state index in [0.717, 1.165) is 11.1 Å². The van der Waals surface area contributed by atoms with Crippen molar-refractivity contribution in [3.05, 3.63) is 73.4 Å². The molecule has 0 spiro atoms. The van der Waals surface area contributed by atoms with Crippen LogP contribution in [0.3, 0.4) is 0 Å². The molecule has 2 aromatic carbocycles. The van der Waals surface area contributed by atoms with Gasteiger partial charge >= 0.3 is 0 Å². The minimum absolute atomic E-state index is 0.169. The highest BCUT2D eigenvalue weighted by Gasteiger charge is 2.21. The number of aryl methyl sites for hydroxylation is 2. The Kier molecular flexibility index (Phi) is 5.17. The van der Waals surface area contributed by atoms with Gasteiger partial charge in [0.25, 0.3) is 5.56 Å². The normalized spacial score (nSPS) is 11.3. The van der Waals surface area contributed by atoms with Gasteiger partial charge in [0.2, 0.25) is 0 Å². The van der Waals surface area contributed by atoms with Crippen molar-refractivity contribution in [3.63, 3.8) is 0 Å². The fraction of sp³-hybridized carbons (Fsp3) is 0.190. The predicted octanol–water partition coefficient (Wildman–Crippen LogP) is 4.29. The van der Waals surface area contributed by atoms with Crippen LogP contribution in [0.1, 0.15) is 29.6 Å². The van der Waals surface area contributed by atoms with E-state index >= 15 is 0 Å². The first kappa shape index (κ1) is 20.3. The highest BCUT2D eigenvalue weighted by atomic mass is 35.5. The molecule has 0 unspecified atom stereocenters.